The maximum atomic E-state index is 5.10. The molecule has 0 N–H and O–H groups in total. The molecule has 6 nitrogen and oxygen atoms in total. The van der Waals surface area contributed by atoms with Crippen molar-refractivity contribution in [1.82, 2.24) is 29.1 Å². The Morgan fingerprint density at radius 1 is 0.321 bits per heavy atom. The van der Waals surface area contributed by atoms with Crippen LogP contribution in [0.3, 0.4) is 0 Å². The van der Waals surface area contributed by atoms with E-state index in [2.05, 4.69) is 125 Å². The minimum absolute atomic E-state index is 0.530. The summed E-state index contributed by atoms with van der Waals surface area (Å²) in [7, 11) is 0. The molecule has 11 rings (SSSR count). The van der Waals surface area contributed by atoms with Gasteiger partial charge in [0.15, 0.2) is 17.5 Å². The molecule has 0 radical (unpaired) electrons. The highest BCUT2D eigenvalue weighted by Crippen LogP contribution is 2.37. The zero-order valence-electron chi connectivity index (χ0n) is 30.2. The Balaban J connectivity index is 0.999. The largest absolute Gasteiger partial charge is 0.317 e. The lowest BCUT2D eigenvalue weighted by Crippen LogP contribution is -2.01. The third-order valence-corrected chi connectivity index (χ3v) is 10.6. The lowest BCUT2D eigenvalue weighted by atomic mass is 10.0. The lowest BCUT2D eigenvalue weighted by molar-refractivity contribution is 1.06. The van der Waals surface area contributed by atoms with E-state index in [1.807, 2.05) is 78.9 Å². The molecule has 0 atom stereocenters. The van der Waals surface area contributed by atoms with Crippen LogP contribution in [-0.2, 0) is 0 Å². The summed E-state index contributed by atoms with van der Waals surface area (Å²) >= 11 is 0. The second kappa shape index (κ2) is 13.0. The fourth-order valence-electron chi connectivity index (χ4n) is 7.86. The Labute approximate surface area is 322 Å². The number of aromatic nitrogens is 6. The number of benzene rings is 7. The van der Waals surface area contributed by atoms with Gasteiger partial charge in [-0.25, -0.2) is 19.9 Å². The van der Waals surface area contributed by atoms with Crippen LogP contribution >= 0.6 is 0 Å². The summed E-state index contributed by atoms with van der Waals surface area (Å²) in [5.41, 5.74) is 10.1. The van der Waals surface area contributed by atoms with E-state index in [0.29, 0.717) is 23.2 Å². The first-order valence-corrected chi connectivity index (χ1v) is 18.7. The minimum atomic E-state index is 0.530. The van der Waals surface area contributed by atoms with Gasteiger partial charge in [0.2, 0.25) is 0 Å². The van der Waals surface area contributed by atoms with Gasteiger partial charge >= 0.3 is 0 Å². The second-order valence-corrected chi connectivity index (χ2v) is 14.0. The standard InChI is InChI=1S/C50H32N6/c1-4-13-34(14-5-1)48-52-49(35-15-6-2-7-16-35)54-50(53-48)44-21-12-20-43(51-44)33-23-25-40(26-24-33)56-45-22-11-10-19-41(45)42-30-37-29-36-27-28-55(39-17-8-3-9-18-39)46(36)31-38(37)32-47(42)56/h1-32H. The predicted octanol–water partition coefficient (Wildman–Crippen LogP) is 12.1. The minimum Gasteiger partial charge on any atom is -0.317 e. The van der Waals surface area contributed by atoms with Crippen molar-refractivity contribution in [2.45, 2.75) is 0 Å². The predicted molar refractivity (Wildman–Crippen MR) is 228 cm³/mol. The Morgan fingerprint density at radius 2 is 0.929 bits per heavy atom. The highest BCUT2D eigenvalue weighted by molar-refractivity contribution is 6.15. The van der Waals surface area contributed by atoms with Crippen molar-refractivity contribution in [3.05, 3.63) is 194 Å². The number of fused-ring (bicyclic) bond motifs is 5. The molecule has 11 aromatic rings. The molecule has 0 spiro atoms. The van der Waals surface area contributed by atoms with E-state index >= 15 is 0 Å². The molecule has 0 bridgehead atoms. The molecule has 0 saturated carbocycles. The van der Waals surface area contributed by atoms with Gasteiger partial charge in [-0.2, -0.15) is 0 Å². The fourth-order valence-corrected chi connectivity index (χ4v) is 7.86. The van der Waals surface area contributed by atoms with Crippen LogP contribution in [0.4, 0.5) is 0 Å². The van der Waals surface area contributed by atoms with Gasteiger partial charge < -0.3 is 9.13 Å². The highest BCUT2D eigenvalue weighted by Gasteiger charge is 2.17. The summed E-state index contributed by atoms with van der Waals surface area (Å²) in [6.07, 6.45) is 2.16. The Hall–Kier alpha value is -7.70. The van der Waals surface area contributed by atoms with Crippen molar-refractivity contribution in [1.29, 1.82) is 0 Å². The number of pyridine rings is 1. The van der Waals surface area contributed by atoms with Gasteiger partial charge in [-0.1, -0.05) is 115 Å². The zero-order chi connectivity index (χ0) is 37.0. The molecular weight excluding hydrogens is 685 g/mol. The molecule has 0 fully saturated rings. The van der Waals surface area contributed by atoms with E-state index in [1.165, 1.54) is 43.5 Å². The summed E-state index contributed by atoms with van der Waals surface area (Å²) < 4.78 is 4.64. The van der Waals surface area contributed by atoms with Crippen molar-refractivity contribution in [2.75, 3.05) is 0 Å². The molecule has 0 aliphatic rings. The first-order chi connectivity index (χ1) is 27.7. The van der Waals surface area contributed by atoms with Crippen molar-refractivity contribution >= 4 is 43.5 Å². The summed E-state index contributed by atoms with van der Waals surface area (Å²) in [6.45, 7) is 0. The maximum Gasteiger partial charge on any atom is 0.182 e. The van der Waals surface area contributed by atoms with E-state index in [4.69, 9.17) is 19.9 Å². The monoisotopic (exact) mass is 716 g/mol. The van der Waals surface area contributed by atoms with Crippen molar-refractivity contribution < 1.29 is 0 Å². The third-order valence-electron chi connectivity index (χ3n) is 10.6. The smallest absolute Gasteiger partial charge is 0.182 e. The lowest BCUT2D eigenvalue weighted by Gasteiger charge is -2.11. The Bertz CT molecular complexity index is 3160. The van der Waals surface area contributed by atoms with E-state index < -0.39 is 0 Å². The molecule has 56 heavy (non-hydrogen) atoms. The molecule has 262 valence electrons. The van der Waals surface area contributed by atoms with Crippen molar-refractivity contribution in [3.8, 4) is 56.9 Å². The SMILES string of the molecule is c1ccc(-c2nc(-c3ccccc3)nc(-c3cccc(-c4ccc(-n5c6ccccc6c6cc7cc8ccn(-c9ccccc9)c8cc7cc65)cc4)n3)n2)cc1. The van der Waals surface area contributed by atoms with Crippen LogP contribution in [-0.4, -0.2) is 29.1 Å². The second-order valence-electron chi connectivity index (χ2n) is 14.0. The Morgan fingerprint density at radius 3 is 1.66 bits per heavy atom. The van der Waals surface area contributed by atoms with Gasteiger partial charge in [0.05, 0.1) is 22.2 Å². The topological polar surface area (TPSA) is 61.4 Å². The molecule has 7 aromatic carbocycles. The highest BCUT2D eigenvalue weighted by atomic mass is 15.0. The molecule has 4 aromatic heterocycles. The fraction of sp³-hybridized carbons (Fsp3) is 0. The molecule has 0 saturated heterocycles. The molecule has 0 aliphatic heterocycles. The van der Waals surface area contributed by atoms with Gasteiger partial charge in [0.1, 0.15) is 5.69 Å². The Kier molecular flexibility index (Phi) is 7.38. The van der Waals surface area contributed by atoms with Crippen molar-refractivity contribution in [2.24, 2.45) is 0 Å². The first-order valence-electron chi connectivity index (χ1n) is 18.7. The van der Waals surface area contributed by atoms with Crippen LogP contribution in [0.15, 0.2) is 194 Å². The summed E-state index contributed by atoms with van der Waals surface area (Å²) in [5.74, 6) is 1.75. The van der Waals surface area contributed by atoms with Crippen LogP contribution in [0.5, 0.6) is 0 Å². The molecule has 0 aliphatic carbocycles. The van der Waals surface area contributed by atoms with E-state index in [-0.39, 0.29) is 0 Å². The molecule has 6 heteroatoms. The van der Waals surface area contributed by atoms with Gasteiger partial charge in [-0.3, -0.25) is 0 Å². The summed E-state index contributed by atoms with van der Waals surface area (Å²) in [6, 6.07) is 65.4. The van der Waals surface area contributed by atoms with E-state index in [9.17, 15) is 0 Å². The summed E-state index contributed by atoms with van der Waals surface area (Å²) in [5, 5.41) is 6.11. The number of hydrogen-bond donors (Lipinski definition) is 0. The normalized spacial score (nSPS) is 11.6. The van der Waals surface area contributed by atoms with Crippen LogP contribution in [0, 0.1) is 0 Å². The van der Waals surface area contributed by atoms with Crippen LogP contribution in [0.2, 0.25) is 0 Å². The number of nitrogens with zero attached hydrogens (tertiary/aromatic N) is 6. The number of hydrogen-bond acceptors (Lipinski definition) is 4. The molecule has 0 amide bonds. The number of rotatable bonds is 6. The molecule has 4 heterocycles. The average molecular weight is 717 g/mol. The van der Waals surface area contributed by atoms with Gasteiger partial charge in [0, 0.05) is 50.4 Å². The average Bonchev–Trinajstić information content (AvgIpc) is 3.83. The number of para-hydroxylation sites is 2. The van der Waals surface area contributed by atoms with Gasteiger partial charge in [-0.15, -0.1) is 0 Å². The van der Waals surface area contributed by atoms with Gasteiger partial charge in [-0.05, 0) is 83.6 Å². The van der Waals surface area contributed by atoms with Gasteiger partial charge in [0.25, 0.3) is 0 Å². The van der Waals surface area contributed by atoms with Crippen LogP contribution in [0.1, 0.15) is 0 Å². The van der Waals surface area contributed by atoms with Crippen LogP contribution in [0.25, 0.3) is 100 Å². The van der Waals surface area contributed by atoms with E-state index in [1.54, 1.807) is 0 Å². The zero-order valence-corrected chi connectivity index (χ0v) is 30.2. The molecule has 0 unspecified atom stereocenters. The maximum absolute atomic E-state index is 5.10. The quantitative estimate of drug-likeness (QED) is 0.172. The summed E-state index contributed by atoms with van der Waals surface area (Å²) in [4.78, 5) is 19.8. The van der Waals surface area contributed by atoms with Crippen molar-refractivity contribution in [3.63, 3.8) is 0 Å². The first kappa shape index (κ1) is 31.8. The van der Waals surface area contributed by atoms with E-state index in [0.717, 1.165) is 33.8 Å². The third kappa shape index (κ3) is 5.43. The molecular formula is C50H32N6. The van der Waals surface area contributed by atoms with Crippen LogP contribution < -0.4 is 0 Å².